The van der Waals surface area contributed by atoms with Crippen LogP contribution in [0.1, 0.15) is 0 Å². The van der Waals surface area contributed by atoms with Gasteiger partial charge in [0, 0.05) is 6.20 Å². The first kappa shape index (κ1) is 8.53. The van der Waals surface area contributed by atoms with Crippen LogP contribution in [0.15, 0.2) is 52.5 Å². The number of benzene rings is 1. The summed E-state index contributed by atoms with van der Waals surface area (Å²) in [4.78, 5) is 5.37. The van der Waals surface area contributed by atoms with Crippen molar-refractivity contribution in [2.75, 3.05) is 6.54 Å². The Labute approximate surface area is 82.1 Å². The molecule has 1 unspecified atom stereocenters. The topological polar surface area (TPSA) is 16.8 Å². The third kappa shape index (κ3) is 2.44. The van der Waals surface area contributed by atoms with Gasteiger partial charge in [-0.1, -0.05) is 18.2 Å². The summed E-state index contributed by atoms with van der Waals surface area (Å²) in [6.07, 6.45) is 5.85. The van der Waals surface area contributed by atoms with Gasteiger partial charge in [0.05, 0.1) is 4.90 Å². The molecule has 13 heavy (non-hydrogen) atoms. The Morgan fingerprint density at radius 2 is 2.08 bits per heavy atom. The molecule has 1 N–H and O–H groups in total. The van der Waals surface area contributed by atoms with Gasteiger partial charge in [-0.3, -0.25) is 0 Å². The Kier molecular flexibility index (Phi) is 2.79. The van der Waals surface area contributed by atoms with Gasteiger partial charge in [-0.15, -0.1) is 0 Å². The van der Waals surface area contributed by atoms with Gasteiger partial charge >= 0.3 is 0 Å². The fourth-order valence-electron chi connectivity index (χ4n) is 1.12. The SMILES string of the molecule is C1=CN=C[NH+](Sc2ccccc2)C1. The van der Waals surface area contributed by atoms with E-state index >= 15 is 0 Å². The molecule has 0 aromatic heterocycles. The summed E-state index contributed by atoms with van der Waals surface area (Å²) in [6, 6.07) is 10.4. The second-order valence-corrected chi connectivity index (χ2v) is 3.95. The molecule has 0 aliphatic carbocycles. The molecule has 1 aromatic carbocycles. The zero-order valence-corrected chi connectivity index (χ0v) is 8.00. The van der Waals surface area contributed by atoms with Crippen molar-refractivity contribution >= 4 is 18.3 Å². The van der Waals surface area contributed by atoms with Crippen LogP contribution in [0.5, 0.6) is 0 Å². The quantitative estimate of drug-likeness (QED) is 0.693. The van der Waals surface area contributed by atoms with Gasteiger partial charge in [0.2, 0.25) is 0 Å². The maximum Gasteiger partial charge on any atom is 0.200 e. The second kappa shape index (κ2) is 4.25. The molecular formula is C10H11N2S+. The van der Waals surface area contributed by atoms with E-state index in [9.17, 15) is 0 Å². The molecule has 0 bridgehead atoms. The van der Waals surface area contributed by atoms with Crippen LogP contribution in [0.3, 0.4) is 0 Å². The highest BCUT2D eigenvalue weighted by Crippen LogP contribution is 2.09. The minimum absolute atomic E-state index is 1.00. The van der Waals surface area contributed by atoms with Gasteiger partial charge in [-0.25, -0.2) is 9.30 Å². The number of nitrogens with one attached hydrogen (secondary N) is 1. The maximum atomic E-state index is 4.09. The average Bonchev–Trinajstić information content (AvgIpc) is 2.21. The predicted molar refractivity (Wildman–Crippen MR) is 55.8 cm³/mol. The minimum atomic E-state index is 1.00. The van der Waals surface area contributed by atoms with Crippen molar-refractivity contribution < 1.29 is 4.31 Å². The lowest BCUT2D eigenvalue weighted by Gasteiger charge is -2.10. The number of aliphatic imine (C=N–C) groups is 1. The summed E-state index contributed by atoms with van der Waals surface area (Å²) in [6.45, 7) is 1.00. The first-order valence-electron chi connectivity index (χ1n) is 4.22. The van der Waals surface area contributed by atoms with E-state index in [4.69, 9.17) is 0 Å². The van der Waals surface area contributed by atoms with Gasteiger partial charge < -0.3 is 0 Å². The third-order valence-electron chi connectivity index (χ3n) is 1.72. The molecular weight excluding hydrogens is 180 g/mol. The molecule has 1 aromatic rings. The summed E-state index contributed by atoms with van der Waals surface area (Å²) >= 11 is 1.78. The van der Waals surface area contributed by atoms with Crippen molar-refractivity contribution in [3.63, 3.8) is 0 Å². The molecule has 2 nitrogen and oxygen atoms in total. The van der Waals surface area contributed by atoms with Gasteiger partial charge in [0.1, 0.15) is 18.5 Å². The number of nitrogens with zero attached hydrogens (tertiary/aromatic N) is 1. The van der Waals surface area contributed by atoms with Crippen LogP contribution in [0.2, 0.25) is 0 Å². The molecule has 0 saturated heterocycles. The summed E-state index contributed by atoms with van der Waals surface area (Å²) < 4.78 is 1.30. The van der Waals surface area contributed by atoms with Crippen LogP contribution >= 0.6 is 11.9 Å². The van der Waals surface area contributed by atoms with Crippen LogP contribution in [-0.4, -0.2) is 12.9 Å². The highest BCUT2D eigenvalue weighted by molar-refractivity contribution is 7.93. The van der Waals surface area contributed by atoms with Gasteiger partial charge in [0.15, 0.2) is 6.34 Å². The molecule has 3 heteroatoms. The highest BCUT2D eigenvalue weighted by atomic mass is 32.2. The van der Waals surface area contributed by atoms with Gasteiger partial charge in [0.25, 0.3) is 0 Å². The zero-order chi connectivity index (χ0) is 8.93. The van der Waals surface area contributed by atoms with Crippen molar-refractivity contribution in [3.8, 4) is 0 Å². The monoisotopic (exact) mass is 191 g/mol. The van der Waals surface area contributed by atoms with Crippen LogP contribution < -0.4 is 4.31 Å². The molecule has 66 valence electrons. The van der Waals surface area contributed by atoms with E-state index in [0.29, 0.717) is 0 Å². The number of quaternary nitrogens is 1. The van der Waals surface area contributed by atoms with Crippen molar-refractivity contribution in [2.24, 2.45) is 4.99 Å². The molecule has 1 aliphatic heterocycles. The minimum Gasteiger partial charge on any atom is -0.223 e. The lowest BCUT2D eigenvalue weighted by Crippen LogP contribution is -3.04. The Bertz CT molecular complexity index is 319. The van der Waals surface area contributed by atoms with E-state index in [1.54, 1.807) is 11.9 Å². The lowest BCUT2D eigenvalue weighted by molar-refractivity contribution is -0.630. The Morgan fingerprint density at radius 1 is 1.23 bits per heavy atom. The molecule has 0 fully saturated rings. The Morgan fingerprint density at radius 3 is 2.77 bits per heavy atom. The maximum absolute atomic E-state index is 4.09. The molecule has 1 heterocycles. The van der Waals surface area contributed by atoms with E-state index in [0.717, 1.165) is 6.54 Å². The standard InChI is InChI=1S/C10H10N2S/c1-2-5-10(6-3-1)13-12-8-4-7-11-9-12/h1-7,9H,8H2/p+1. The molecule has 0 spiro atoms. The third-order valence-corrected chi connectivity index (χ3v) is 2.76. The number of hydrogen-bond donors (Lipinski definition) is 1. The summed E-state index contributed by atoms with van der Waals surface area (Å²) in [5, 5.41) is 0. The fraction of sp³-hybridized carbons (Fsp3) is 0.100. The highest BCUT2D eigenvalue weighted by Gasteiger charge is 2.08. The number of rotatable bonds is 2. The summed E-state index contributed by atoms with van der Waals surface area (Å²) in [5.74, 6) is 0. The largest absolute Gasteiger partial charge is 0.223 e. The first-order chi connectivity index (χ1) is 6.45. The lowest BCUT2D eigenvalue weighted by atomic mass is 10.4. The van der Waals surface area contributed by atoms with E-state index in [2.05, 4.69) is 35.3 Å². The molecule has 0 radical (unpaired) electrons. The normalized spacial score (nSPS) is 20.5. The zero-order valence-electron chi connectivity index (χ0n) is 7.18. The molecule has 1 atom stereocenters. The van der Waals surface area contributed by atoms with Crippen LogP contribution in [0, 0.1) is 0 Å². The van der Waals surface area contributed by atoms with Gasteiger partial charge in [-0.05, 0) is 18.2 Å². The molecule has 2 rings (SSSR count). The molecule has 0 amide bonds. The van der Waals surface area contributed by atoms with E-state index in [-0.39, 0.29) is 0 Å². The number of hydrogen-bond acceptors (Lipinski definition) is 2. The first-order valence-corrected chi connectivity index (χ1v) is 5.04. The molecule has 1 aliphatic rings. The Hall–Kier alpha value is -1.06. The van der Waals surface area contributed by atoms with Crippen molar-refractivity contribution in [1.29, 1.82) is 0 Å². The Balaban J connectivity index is 1.99. The van der Waals surface area contributed by atoms with Crippen molar-refractivity contribution in [3.05, 3.63) is 42.6 Å². The van der Waals surface area contributed by atoms with Crippen LogP contribution in [0.25, 0.3) is 0 Å². The van der Waals surface area contributed by atoms with E-state index in [1.807, 2.05) is 18.6 Å². The average molecular weight is 191 g/mol. The summed E-state index contributed by atoms with van der Waals surface area (Å²) in [7, 11) is 0. The van der Waals surface area contributed by atoms with Crippen LogP contribution in [0.4, 0.5) is 0 Å². The predicted octanol–water partition coefficient (Wildman–Crippen LogP) is 1.13. The summed E-state index contributed by atoms with van der Waals surface area (Å²) in [5.41, 5.74) is 0. The van der Waals surface area contributed by atoms with E-state index in [1.165, 1.54) is 9.20 Å². The van der Waals surface area contributed by atoms with Crippen LogP contribution in [-0.2, 0) is 0 Å². The smallest absolute Gasteiger partial charge is 0.200 e. The fourth-order valence-corrected chi connectivity index (χ4v) is 2.01. The van der Waals surface area contributed by atoms with Gasteiger partial charge in [-0.2, -0.15) is 0 Å². The van der Waals surface area contributed by atoms with Crippen molar-refractivity contribution in [2.45, 2.75) is 4.90 Å². The molecule has 0 saturated carbocycles. The van der Waals surface area contributed by atoms with E-state index < -0.39 is 0 Å². The second-order valence-electron chi connectivity index (χ2n) is 2.75. The van der Waals surface area contributed by atoms with Crippen molar-refractivity contribution in [1.82, 2.24) is 0 Å².